The van der Waals surface area contributed by atoms with Crippen molar-refractivity contribution in [3.05, 3.63) is 87.7 Å². The van der Waals surface area contributed by atoms with Crippen LogP contribution in [0.1, 0.15) is 35.6 Å². The summed E-state index contributed by atoms with van der Waals surface area (Å²) in [6, 6.07) is 13.7. The van der Waals surface area contributed by atoms with E-state index in [2.05, 4.69) is 9.72 Å². The first kappa shape index (κ1) is 25.2. The number of pyridine rings is 1. The maximum Gasteiger partial charge on any atom is 0.387 e. The van der Waals surface area contributed by atoms with Gasteiger partial charge >= 0.3 is 12.6 Å². The monoisotopic (exact) mass is 521 g/mol. The number of benzene rings is 2. The van der Waals surface area contributed by atoms with Gasteiger partial charge in [0.1, 0.15) is 6.10 Å². The molecule has 0 radical (unpaired) electrons. The smallest absolute Gasteiger partial charge is 0.387 e. The molecule has 1 saturated carbocycles. The first-order chi connectivity index (χ1) is 16.9. The van der Waals surface area contributed by atoms with E-state index in [0.717, 1.165) is 18.4 Å². The van der Waals surface area contributed by atoms with E-state index >= 15 is 0 Å². The summed E-state index contributed by atoms with van der Waals surface area (Å²) >= 11 is 12.6. The minimum atomic E-state index is -3.00. The third kappa shape index (κ3) is 7.29. The molecule has 35 heavy (non-hydrogen) atoms. The van der Waals surface area contributed by atoms with Crippen LogP contribution in [0.3, 0.4) is 0 Å². The molecule has 184 valence electrons. The van der Waals surface area contributed by atoms with Crippen molar-refractivity contribution in [2.24, 2.45) is 5.92 Å². The van der Waals surface area contributed by atoms with Crippen LogP contribution in [0.5, 0.6) is 11.5 Å². The molecule has 5 nitrogen and oxygen atoms in total. The quantitative estimate of drug-likeness (QED) is 0.258. The molecule has 0 bridgehead atoms. The minimum absolute atomic E-state index is 0.0623. The molecule has 0 saturated heterocycles. The van der Waals surface area contributed by atoms with Crippen LogP contribution in [0.25, 0.3) is 0 Å². The van der Waals surface area contributed by atoms with Gasteiger partial charge in [-0.05, 0) is 47.6 Å². The van der Waals surface area contributed by atoms with E-state index in [4.69, 9.17) is 32.7 Å². The fraction of sp³-hybridized carbons (Fsp3) is 0.308. The van der Waals surface area contributed by atoms with Gasteiger partial charge in [0.25, 0.3) is 0 Å². The number of halogens is 4. The lowest BCUT2D eigenvalue weighted by Crippen LogP contribution is -2.16. The first-order valence-corrected chi connectivity index (χ1v) is 11.9. The number of rotatable bonds is 11. The number of esters is 1. The summed E-state index contributed by atoms with van der Waals surface area (Å²) in [6.07, 6.45) is 4.37. The Bertz CT molecular complexity index is 1140. The first-order valence-electron chi connectivity index (χ1n) is 11.1. The zero-order valence-corrected chi connectivity index (χ0v) is 20.1. The van der Waals surface area contributed by atoms with Crippen LogP contribution in [0, 0.1) is 5.92 Å². The predicted octanol–water partition coefficient (Wildman–Crippen LogP) is 6.85. The van der Waals surface area contributed by atoms with E-state index in [0.29, 0.717) is 33.7 Å². The van der Waals surface area contributed by atoms with Crippen LogP contribution in [0.2, 0.25) is 10.0 Å². The lowest BCUT2D eigenvalue weighted by Gasteiger charge is -2.21. The van der Waals surface area contributed by atoms with E-state index in [9.17, 15) is 13.6 Å². The normalized spacial score (nSPS) is 14.0. The molecular weight excluding hydrogens is 499 g/mol. The Morgan fingerprint density at radius 2 is 1.74 bits per heavy atom. The Morgan fingerprint density at radius 3 is 2.40 bits per heavy atom. The van der Waals surface area contributed by atoms with Gasteiger partial charge < -0.3 is 14.2 Å². The van der Waals surface area contributed by atoms with Gasteiger partial charge in [0.05, 0.1) is 23.1 Å². The van der Waals surface area contributed by atoms with Crippen LogP contribution in [0.4, 0.5) is 8.78 Å². The van der Waals surface area contributed by atoms with Gasteiger partial charge in [-0.15, -0.1) is 0 Å². The average molecular weight is 522 g/mol. The minimum Gasteiger partial charge on any atom is -0.489 e. The third-order valence-electron chi connectivity index (χ3n) is 5.53. The van der Waals surface area contributed by atoms with Gasteiger partial charge in [-0.2, -0.15) is 8.78 Å². The zero-order chi connectivity index (χ0) is 24.8. The Hall–Kier alpha value is -2.90. The summed E-state index contributed by atoms with van der Waals surface area (Å²) in [5.41, 5.74) is 1.88. The Morgan fingerprint density at radius 1 is 1.03 bits per heavy atom. The molecule has 4 rings (SSSR count). The molecule has 3 aromatic rings. The van der Waals surface area contributed by atoms with E-state index in [1.165, 1.54) is 18.5 Å². The lowest BCUT2D eigenvalue weighted by atomic mass is 10.0. The number of nitrogens with zero attached hydrogens (tertiary/aromatic N) is 1. The van der Waals surface area contributed by atoms with Crippen molar-refractivity contribution in [3.63, 3.8) is 0 Å². The number of hydrogen-bond donors (Lipinski definition) is 0. The Balaban J connectivity index is 1.63. The van der Waals surface area contributed by atoms with Gasteiger partial charge in [-0.1, -0.05) is 59.6 Å². The molecule has 1 aromatic heterocycles. The molecule has 2 aromatic carbocycles. The maximum absolute atomic E-state index is 12.9. The van der Waals surface area contributed by atoms with Crippen molar-refractivity contribution in [1.82, 2.24) is 4.98 Å². The fourth-order valence-electron chi connectivity index (χ4n) is 3.53. The predicted molar refractivity (Wildman–Crippen MR) is 128 cm³/mol. The molecule has 1 unspecified atom stereocenters. The standard InChI is InChI=1S/C26H23Cl2F2NO4/c27-20-13-31-14-21(28)19(20)12-23(34-25(32)10-16-4-2-1-3-5-16)18-8-9-22(35-26(29)30)24(11-18)33-15-17-6-7-17/h1-5,8-9,11,13-14,17,23,26H,6-7,10,12,15H2. The van der Waals surface area contributed by atoms with Gasteiger partial charge in [0.15, 0.2) is 11.5 Å². The Labute approximate surface area is 211 Å². The molecule has 1 heterocycles. The van der Waals surface area contributed by atoms with Crippen molar-refractivity contribution in [3.8, 4) is 11.5 Å². The Kier molecular flexibility index (Phi) is 8.42. The van der Waals surface area contributed by atoms with E-state index in [1.807, 2.05) is 30.3 Å². The highest BCUT2D eigenvalue weighted by Gasteiger charge is 2.25. The van der Waals surface area contributed by atoms with Gasteiger partial charge in [0, 0.05) is 18.8 Å². The van der Waals surface area contributed by atoms with Crippen LogP contribution in [-0.2, 0) is 22.4 Å². The van der Waals surface area contributed by atoms with E-state index in [-0.39, 0.29) is 24.3 Å². The molecule has 0 aliphatic heterocycles. The summed E-state index contributed by atoms with van der Waals surface area (Å²) in [4.78, 5) is 16.8. The largest absolute Gasteiger partial charge is 0.489 e. The second-order valence-electron chi connectivity index (χ2n) is 8.27. The molecule has 1 aliphatic rings. The van der Waals surface area contributed by atoms with Crippen LogP contribution < -0.4 is 9.47 Å². The topological polar surface area (TPSA) is 57.7 Å². The summed E-state index contributed by atoms with van der Waals surface area (Å²) in [6.45, 7) is -2.61. The number of aromatic nitrogens is 1. The molecule has 0 amide bonds. The summed E-state index contributed by atoms with van der Waals surface area (Å²) in [5.74, 6) is 0.00677. The summed E-state index contributed by atoms with van der Waals surface area (Å²) in [7, 11) is 0. The highest BCUT2D eigenvalue weighted by Crippen LogP contribution is 2.38. The summed E-state index contributed by atoms with van der Waals surface area (Å²) in [5, 5.41) is 0.647. The third-order valence-corrected chi connectivity index (χ3v) is 6.19. The van der Waals surface area contributed by atoms with E-state index in [1.54, 1.807) is 12.1 Å². The van der Waals surface area contributed by atoms with E-state index < -0.39 is 18.7 Å². The number of hydrogen-bond acceptors (Lipinski definition) is 5. The van der Waals surface area contributed by atoms with Crippen molar-refractivity contribution in [2.75, 3.05) is 6.61 Å². The SMILES string of the molecule is O=C(Cc1ccccc1)OC(Cc1c(Cl)cncc1Cl)c1ccc(OC(F)F)c(OCC2CC2)c1. The molecule has 0 N–H and O–H groups in total. The number of carbonyl (C=O) groups is 1. The van der Waals surface area contributed by atoms with Crippen LogP contribution >= 0.6 is 23.2 Å². The number of alkyl halides is 2. The molecule has 0 spiro atoms. The maximum atomic E-state index is 12.9. The average Bonchev–Trinajstić information content (AvgIpc) is 3.65. The van der Waals surface area contributed by atoms with Crippen molar-refractivity contribution in [1.29, 1.82) is 0 Å². The van der Waals surface area contributed by atoms with Crippen LogP contribution in [-0.4, -0.2) is 24.2 Å². The molecule has 9 heteroatoms. The van der Waals surface area contributed by atoms with Gasteiger partial charge in [0.2, 0.25) is 0 Å². The second-order valence-corrected chi connectivity index (χ2v) is 9.08. The fourth-order valence-corrected chi connectivity index (χ4v) is 4.05. The highest BCUT2D eigenvalue weighted by atomic mass is 35.5. The lowest BCUT2D eigenvalue weighted by molar-refractivity contribution is -0.148. The van der Waals surface area contributed by atoms with Crippen molar-refractivity contribution < 1.29 is 27.8 Å². The molecule has 1 aliphatic carbocycles. The van der Waals surface area contributed by atoms with Crippen LogP contribution in [0.15, 0.2) is 60.9 Å². The number of carbonyl (C=O) groups excluding carboxylic acids is 1. The zero-order valence-electron chi connectivity index (χ0n) is 18.6. The van der Waals surface area contributed by atoms with Crippen molar-refractivity contribution >= 4 is 29.2 Å². The summed E-state index contributed by atoms with van der Waals surface area (Å²) < 4.78 is 42.2. The number of ether oxygens (including phenoxy) is 3. The molecule has 1 fully saturated rings. The van der Waals surface area contributed by atoms with Crippen molar-refractivity contribution in [2.45, 2.75) is 38.4 Å². The van der Waals surface area contributed by atoms with Gasteiger partial charge in [-0.25, -0.2) is 0 Å². The van der Waals surface area contributed by atoms with Gasteiger partial charge in [-0.3, -0.25) is 9.78 Å². The molecular formula is C26H23Cl2F2NO4. The molecule has 1 atom stereocenters. The second kappa shape index (κ2) is 11.7. The highest BCUT2D eigenvalue weighted by molar-refractivity contribution is 6.35.